The van der Waals surface area contributed by atoms with Crippen LogP contribution >= 0.6 is 15.9 Å². The van der Waals surface area contributed by atoms with Gasteiger partial charge in [-0.15, -0.1) is 0 Å². The van der Waals surface area contributed by atoms with Crippen LogP contribution in [-0.4, -0.2) is 14.2 Å². The lowest BCUT2D eigenvalue weighted by Gasteiger charge is -2.14. The predicted molar refractivity (Wildman–Crippen MR) is 88.8 cm³/mol. The van der Waals surface area contributed by atoms with Crippen molar-refractivity contribution in [2.45, 2.75) is 19.6 Å². The van der Waals surface area contributed by atoms with Gasteiger partial charge < -0.3 is 14.8 Å². The Morgan fingerprint density at radius 1 is 1.19 bits per heavy atom. The second-order valence-corrected chi connectivity index (χ2v) is 5.74. The van der Waals surface area contributed by atoms with E-state index in [-0.39, 0.29) is 0 Å². The van der Waals surface area contributed by atoms with Gasteiger partial charge in [-0.05, 0) is 65.3 Å². The van der Waals surface area contributed by atoms with Crippen molar-refractivity contribution < 1.29 is 9.47 Å². The Kier molecular flexibility index (Phi) is 5.79. The van der Waals surface area contributed by atoms with Gasteiger partial charge >= 0.3 is 0 Å². The Labute approximate surface area is 134 Å². The van der Waals surface area contributed by atoms with Gasteiger partial charge in [0.05, 0.1) is 11.1 Å². The van der Waals surface area contributed by atoms with Gasteiger partial charge in [0.25, 0.3) is 0 Å². The van der Waals surface area contributed by atoms with Gasteiger partial charge in [0, 0.05) is 13.2 Å². The zero-order chi connectivity index (χ0) is 15.2. The Hall–Kier alpha value is -1.36. The summed E-state index contributed by atoms with van der Waals surface area (Å²) >= 11 is 3.57. The van der Waals surface area contributed by atoms with Crippen LogP contribution in [0.15, 0.2) is 46.9 Å². The van der Waals surface area contributed by atoms with Crippen molar-refractivity contribution in [2.75, 3.05) is 14.2 Å². The van der Waals surface area contributed by atoms with Crippen LogP contribution < -0.4 is 10.1 Å². The molecule has 0 aromatic heterocycles. The first-order chi connectivity index (χ1) is 10.1. The molecule has 0 saturated carbocycles. The summed E-state index contributed by atoms with van der Waals surface area (Å²) in [6.07, 6.45) is 0. The first-order valence-corrected chi connectivity index (χ1v) is 7.65. The van der Waals surface area contributed by atoms with E-state index in [4.69, 9.17) is 9.47 Å². The molecular formula is C17H20BrNO2. The normalized spacial score (nSPS) is 12.2. The molecule has 2 aromatic rings. The van der Waals surface area contributed by atoms with Gasteiger partial charge in [0.15, 0.2) is 0 Å². The summed E-state index contributed by atoms with van der Waals surface area (Å²) in [6.45, 7) is 2.70. The number of hydrogen-bond donors (Lipinski definition) is 1. The largest absolute Gasteiger partial charge is 0.456 e. The average Bonchev–Trinajstić information content (AvgIpc) is 2.49. The SMILES string of the molecule is CNC(C)c1ccc(Oc2cccc(COC)c2)c(Br)c1. The Bertz CT molecular complexity index is 601. The molecule has 0 saturated heterocycles. The van der Waals surface area contributed by atoms with Crippen molar-refractivity contribution in [2.24, 2.45) is 0 Å². The Balaban J connectivity index is 2.18. The second kappa shape index (κ2) is 7.59. The number of halogens is 1. The molecule has 112 valence electrons. The van der Waals surface area contributed by atoms with E-state index < -0.39 is 0 Å². The molecule has 2 aromatic carbocycles. The molecule has 0 bridgehead atoms. The molecule has 1 unspecified atom stereocenters. The van der Waals surface area contributed by atoms with E-state index in [0.29, 0.717) is 12.6 Å². The zero-order valence-electron chi connectivity index (χ0n) is 12.5. The third kappa shape index (κ3) is 4.30. The summed E-state index contributed by atoms with van der Waals surface area (Å²) in [5, 5.41) is 3.22. The first-order valence-electron chi connectivity index (χ1n) is 6.86. The fourth-order valence-electron chi connectivity index (χ4n) is 2.03. The standard InChI is InChI=1S/C17H20BrNO2/c1-12(19-2)14-7-8-17(16(18)10-14)21-15-6-4-5-13(9-15)11-20-3/h4-10,12,19H,11H2,1-3H3. The van der Waals surface area contributed by atoms with E-state index >= 15 is 0 Å². The highest BCUT2D eigenvalue weighted by Crippen LogP contribution is 2.32. The lowest BCUT2D eigenvalue weighted by molar-refractivity contribution is 0.184. The maximum Gasteiger partial charge on any atom is 0.141 e. The molecule has 1 N–H and O–H groups in total. The van der Waals surface area contributed by atoms with E-state index in [1.54, 1.807) is 7.11 Å². The number of hydrogen-bond acceptors (Lipinski definition) is 3. The molecule has 0 radical (unpaired) electrons. The molecule has 2 rings (SSSR count). The fraction of sp³-hybridized carbons (Fsp3) is 0.294. The smallest absolute Gasteiger partial charge is 0.141 e. The van der Waals surface area contributed by atoms with Crippen molar-refractivity contribution in [1.29, 1.82) is 0 Å². The van der Waals surface area contributed by atoms with Crippen molar-refractivity contribution in [1.82, 2.24) is 5.32 Å². The minimum Gasteiger partial charge on any atom is -0.456 e. The highest BCUT2D eigenvalue weighted by Gasteiger charge is 2.08. The fourth-order valence-corrected chi connectivity index (χ4v) is 2.51. The van der Waals surface area contributed by atoms with E-state index in [2.05, 4.69) is 40.3 Å². The van der Waals surface area contributed by atoms with Gasteiger partial charge in [0.2, 0.25) is 0 Å². The molecule has 0 amide bonds. The minimum absolute atomic E-state index is 0.306. The van der Waals surface area contributed by atoms with Crippen LogP contribution in [0.5, 0.6) is 11.5 Å². The van der Waals surface area contributed by atoms with E-state index in [9.17, 15) is 0 Å². The number of rotatable bonds is 6. The van der Waals surface area contributed by atoms with Crippen LogP contribution in [0.25, 0.3) is 0 Å². The molecular weight excluding hydrogens is 330 g/mol. The number of nitrogens with one attached hydrogen (secondary N) is 1. The Morgan fingerprint density at radius 2 is 2.00 bits per heavy atom. The maximum absolute atomic E-state index is 5.94. The van der Waals surface area contributed by atoms with Gasteiger partial charge in [-0.3, -0.25) is 0 Å². The van der Waals surface area contributed by atoms with Gasteiger partial charge in [-0.25, -0.2) is 0 Å². The van der Waals surface area contributed by atoms with Crippen molar-refractivity contribution >= 4 is 15.9 Å². The highest BCUT2D eigenvalue weighted by molar-refractivity contribution is 9.10. The van der Waals surface area contributed by atoms with Crippen molar-refractivity contribution in [3.8, 4) is 11.5 Å². The topological polar surface area (TPSA) is 30.5 Å². The van der Waals surface area contributed by atoms with Crippen molar-refractivity contribution in [3.63, 3.8) is 0 Å². The van der Waals surface area contributed by atoms with Crippen LogP contribution in [-0.2, 0) is 11.3 Å². The van der Waals surface area contributed by atoms with Crippen LogP contribution in [0.1, 0.15) is 24.1 Å². The highest BCUT2D eigenvalue weighted by atomic mass is 79.9. The average molecular weight is 350 g/mol. The van der Waals surface area contributed by atoms with E-state index in [1.165, 1.54) is 5.56 Å². The Morgan fingerprint density at radius 3 is 2.67 bits per heavy atom. The first kappa shape index (κ1) is 16.0. The summed E-state index contributed by atoms with van der Waals surface area (Å²) in [5.74, 6) is 1.61. The molecule has 0 heterocycles. The van der Waals surface area contributed by atoms with Crippen LogP contribution in [0.2, 0.25) is 0 Å². The van der Waals surface area contributed by atoms with Gasteiger partial charge in [-0.2, -0.15) is 0 Å². The molecule has 4 heteroatoms. The van der Waals surface area contributed by atoms with E-state index in [1.807, 2.05) is 37.4 Å². The second-order valence-electron chi connectivity index (χ2n) is 4.88. The lowest BCUT2D eigenvalue weighted by Crippen LogP contribution is -2.12. The van der Waals surface area contributed by atoms with Gasteiger partial charge in [0.1, 0.15) is 11.5 Å². The minimum atomic E-state index is 0.306. The quantitative estimate of drug-likeness (QED) is 0.821. The summed E-state index contributed by atoms with van der Waals surface area (Å²) in [7, 11) is 3.63. The lowest BCUT2D eigenvalue weighted by atomic mass is 10.1. The molecule has 3 nitrogen and oxygen atoms in total. The van der Waals surface area contributed by atoms with Crippen molar-refractivity contribution in [3.05, 3.63) is 58.1 Å². The summed E-state index contributed by atoms with van der Waals surface area (Å²) in [4.78, 5) is 0. The summed E-state index contributed by atoms with van der Waals surface area (Å²) in [5.41, 5.74) is 2.30. The summed E-state index contributed by atoms with van der Waals surface area (Å²) < 4.78 is 12.0. The van der Waals surface area contributed by atoms with Gasteiger partial charge in [-0.1, -0.05) is 18.2 Å². The zero-order valence-corrected chi connectivity index (χ0v) is 14.1. The molecule has 0 spiro atoms. The molecule has 0 aliphatic heterocycles. The third-order valence-electron chi connectivity index (χ3n) is 3.33. The maximum atomic E-state index is 5.94. The molecule has 0 aliphatic carbocycles. The molecule has 21 heavy (non-hydrogen) atoms. The van der Waals surface area contributed by atoms with Crippen LogP contribution in [0.4, 0.5) is 0 Å². The van der Waals surface area contributed by atoms with E-state index in [0.717, 1.165) is 21.5 Å². The molecule has 0 aliphatic rings. The van der Waals surface area contributed by atoms with Crippen LogP contribution in [0, 0.1) is 0 Å². The number of benzene rings is 2. The summed E-state index contributed by atoms with van der Waals surface area (Å²) in [6, 6.07) is 14.3. The third-order valence-corrected chi connectivity index (χ3v) is 3.95. The number of ether oxygens (including phenoxy) is 2. The van der Waals surface area contributed by atoms with Crippen LogP contribution in [0.3, 0.4) is 0 Å². The predicted octanol–water partition coefficient (Wildman–Crippen LogP) is 4.67. The molecule has 1 atom stereocenters. The monoisotopic (exact) mass is 349 g/mol. The molecule has 0 fully saturated rings. The number of methoxy groups -OCH3 is 1.